The molecule has 2 aromatic rings. The van der Waals surface area contributed by atoms with Crippen molar-refractivity contribution in [1.82, 2.24) is 10.3 Å². The number of methoxy groups -OCH3 is 2. The molecule has 0 aliphatic heterocycles. The molecule has 0 spiro atoms. The van der Waals surface area contributed by atoms with Gasteiger partial charge >= 0.3 is 0 Å². The molecule has 1 aromatic carbocycles. The van der Waals surface area contributed by atoms with Crippen LogP contribution in [-0.4, -0.2) is 32.4 Å². The minimum Gasteiger partial charge on any atom is -0.493 e. The predicted octanol–water partition coefficient (Wildman–Crippen LogP) is 3.31. The molecule has 0 atom stereocenters. The van der Waals surface area contributed by atoms with Crippen molar-refractivity contribution >= 4 is 11.6 Å². The molecule has 0 aliphatic carbocycles. The molecule has 0 bridgehead atoms. The fourth-order valence-electron chi connectivity index (χ4n) is 2.11. The molecular formula is C17H21ClN2O3. The van der Waals surface area contributed by atoms with Crippen LogP contribution >= 0.6 is 11.6 Å². The third-order valence-corrected chi connectivity index (χ3v) is 3.49. The first-order chi connectivity index (χ1) is 11.2. The van der Waals surface area contributed by atoms with Gasteiger partial charge in [0.05, 0.1) is 25.8 Å². The molecule has 23 heavy (non-hydrogen) atoms. The number of benzene rings is 1. The number of nitrogens with zero attached hydrogens (tertiary/aromatic N) is 1. The van der Waals surface area contributed by atoms with Crippen LogP contribution < -0.4 is 19.5 Å². The van der Waals surface area contributed by atoms with E-state index in [4.69, 9.17) is 25.8 Å². The molecule has 5 nitrogen and oxygen atoms in total. The largest absolute Gasteiger partial charge is 0.493 e. The maximum absolute atomic E-state index is 6.18. The summed E-state index contributed by atoms with van der Waals surface area (Å²) in [5.41, 5.74) is 1.04. The first kappa shape index (κ1) is 17.4. The Bertz CT molecular complexity index is 608. The molecule has 6 heteroatoms. The topological polar surface area (TPSA) is 52.6 Å². The minimum atomic E-state index is 0.544. The predicted molar refractivity (Wildman–Crippen MR) is 90.6 cm³/mol. The van der Waals surface area contributed by atoms with E-state index in [1.54, 1.807) is 20.4 Å². The van der Waals surface area contributed by atoms with Gasteiger partial charge in [-0.1, -0.05) is 17.7 Å². The van der Waals surface area contributed by atoms with Crippen LogP contribution in [0.15, 0.2) is 36.5 Å². The lowest BCUT2D eigenvalue weighted by Crippen LogP contribution is -2.17. The minimum absolute atomic E-state index is 0.544. The quantitative estimate of drug-likeness (QED) is 0.712. The third-order valence-electron chi connectivity index (χ3n) is 3.21. The second kappa shape index (κ2) is 9.22. The van der Waals surface area contributed by atoms with Crippen LogP contribution in [0.5, 0.6) is 17.4 Å². The smallest absolute Gasteiger partial charge is 0.213 e. The molecule has 124 valence electrons. The molecule has 0 unspecified atom stereocenters. The van der Waals surface area contributed by atoms with Crippen LogP contribution in [-0.2, 0) is 6.54 Å². The SMILES string of the molecule is COc1cc(CNCCCOc2ccccn2)cc(Cl)c1OC. The highest BCUT2D eigenvalue weighted by Gasteiger charge is 2.10. The molecule has 0 amide bonds. The number of halogens is 1. The Labute approximate surface area is 141 Å². The van der Waals surface area contributed by atoms with Crippen LogP contribution in [0.25, 0.3) is 0 Å². The van der Waals surface area contributed by atoms with Crippen molar-refractivity contribution in [3.63, 3.8) is 0 Å². The van der Waals surface area contributed by atoms with Gasteiger partial charge in [0.1, 0.15) is 0 Å². The molecule has 0 saturated carbocycles. The van der Waals surface area contributed by atoms with E-state index in [0.29, 0.717) is 35.6 Å². The van der Waals surface area contributed by atoms with E-state index in [-0.39, 0.29) is 0 Å². The molecule has 0 saturated heterocycles. The van der Waals surface area contributed by atoms with E-state index in [1.165, 1.54) is 0 Å². The highest BCUT2D eigenvalue weighted by molar-refractivity contribution is 6.32. The number of hydrogen-bond acceptors (Lipinski definition) is 5. The van der Waals surface area contributed by atoms with Crippen molar-refractivity contribution < 1.29 is 14.2 Å². The number of nitrogens with one attached hydrogen (secondary N) is 1. The van der Waals surface area contributed by atoms with Crippen LogP contribution in [0.3, 0.4) is 0 Å². The summed E-state index contributed by atoms with van der Waals surface area (Å²) in [6.07, 6.45) is 2.60. The highest BCUT2D eigenvalue weighted by Crippen LogP contribution is 2.35. The lowest BCUT2D eigenvalue weighted by atomic mass is 10.2. The summed E-state index contributed by atoms with van der Waals surface area (Å²) in [6, 6.07) is 9.41. The maximum atomic E-state index is 6.18. The molecular weight excluding hydrogens is 316 g/mol. The molecule has 0 radical (unpaired) electrons. The van der Waals surface area contributed by atoms with Crippen LogP contribution in [0, 0.1) is 0 Å². The van der Waals surface area contributed by atoms with Gasteiger partial charge in [0.25, 0.3) is 0 Å². The van der Waals surface area contributed by atoms with Crippen molar-refractivity contribution in [1.29, 1.82) is 0 Å². The highest BCUT2D eigenvalue weighted by atomic mass is 35.5. The van der Waals surface area contributed by atoms with Gasteiger partial charge in [-0.2, -0.15) is 0 Å². The van der Waals surface area contributed by atoms with Crippen LogP contribution in [0.2, 0.25) is 5.02 Å². The van der Waals surface area contributed by atoms with E-state index in [2.05, 4.69) is 10.3 Å². The maximum Gasteiger partial charge on any atom is 0.213 e. The van der Waals surface area contributed by atoms with E-state index in [9.17, 15) is 0 Å². The molecule has 1 aromatic heterocycles. The number of hydrogen-bond donors (Lipinski definition) is 1. The average molecular weight is 337 g/mol. The number of rotatable bonds is 9. The molecule has 1 heterocycles. The standard InChI is InChI=1S/C17H21ClN2O3/c1-21-15-11-13(10-14(18)17(15)22-2)12-19-7-5-9-23-16-6-3-4-8-20-16/h3-4,6,8,10-11,19H,5,7,9,12H2,1-2H3. The van der Waals surface area contributed by atoms with Crippen molar-refractivity contribution in [2.45, 2.75) is 13.0 Å². The Morgan fingerprint density at radius 1 is 1.17 bits per heavy atom. The van der Waals surface area contributed by atoms with Crippen molar-refractivity contribution in [3.05, 3.63) is 47.1 Å². The second-order valence-electron chi connectivity index (χ2n) is 4.86. The molecule has 1 N–H and O–H groups in total. The van der Waals surface area contributed by atoms with Crippen molar-refractivity contribution in [3.8, 4) is 17.4 Å². The Morgan fingerprint density at radius 3 is 2.74 bits per heavy atom. The third kappa shape index (κ3) is 5.30. The fourth-order valence-corrected chi connectivity index (χ4v) is 2.42. The van der Waals surface area contributed by atoms with Gasteiger partial charge in [-0.05, 0) is 36.7 Å². The lowest BCUT2D eigenvalue weighted by Gasteiger charge is -2.12. The van der Waals surface area contributed by atoms with Gasteiger partial charge in [0, 0.05) is 18.8 Å². The zero-order valence-electron chi connectivity index (χ0n) is 13.3. The van der Waals surface area contributed by atoms with Crippen molar-refractivity contribution in [2.24, 2.45) is 0 Å². The van der Waals surface area contributed by atoms with Crippen molar-refractivity contribution in [2.75, 3.05) is 27.4 Å². The Morgan fingerprint density at radius 2 is 2.04 bits per heavy atom. The van der Waals surface area contributed by atoms with Gasteiger partial charge in [-0.25, -0.2) is 4.98 Å². The zero-order valence-corrected chi connectivity index (χ0v) is 14.1. The van der Waals surface area contributed by atoms with E-state index >= 15 is 0 Å². The monoisotopic (exact) mass is 336 g/mol. The molecule has 2 rings (SSSR count). The van der Waals surface area contributed by atoms with E-state index in [0.717, 1.165) is 18.5 Å². The number of ether oxygens (including phenoxy) is 3. The van der Waals surface area contributed by atoms with E-state index < -0.39 is 0 Å². The second-order valence-corrected chi connectivity index (χ2v) is 5.27. The van der Waals surface area contributed by atoms with Gasteiger partial charge in [0.15, 0.2) is 11.5 Å². The Kier molecular flexibility index (Phi) is 6.97. The summed E-state index contributed by atoms with van der Waals surface area (Å²) in [5, 5.41) is 3.89. The summed E-state index contributed by atoms with van der Waals surface area (Å²) in [4.78, 5) is 4.11. The molecule has 0 fully saturated rings. The van der Waals surface area contributed by atoms with Gasteiger partial charge in [-0.3, -0.25) is 0 Å². The zero-order chi connectivity index (χ0) is 16.5. The normalized spacial score (nSPS) is 10.4. The lowest BCUT2D eigenvalue weighted by molar-refractivity contribution is 0.296. The summed E-state index contributed by atoms with van der Waals surface area (Å²) in [5.74, 6) is 1.84. The summed E-state index contributed by atoms with van der Waals surface area (Å²) >= 11 is 6.18. The van der Waals surface area contributed by atoms with Gasteiger partial charge in [-0.15, -0.1) is 0 Å². The Balaban J connectivity index is 1.73. The summed E-state index contributed by atoms with van der Waals surface area (Å²) in [6.45, 7) is 2.15. The number of pyridine rings is 1. The average Bonchev–Trinajstić information content (AvgIpc) is 2.58. The van der Waals surface area contributed by atoms with Gasteiger partial charge < -0.3 is 19.5 Å². The summed E-state index contributed by atoms with van der Waals surface area (Å²) in [7, 11) is 3.17. The summed E-state index contributed by atoms with van der Waals surface area (Å²) < 4.78 is 16.0. The van der Waals surface area contributed by atoms with E-state index in [1.807, 2.05) is 30.3 Å². The first-order valence-electron chi connectivity index (χ1n) is 7.39. The van der Waals surface area contributed by atoms with Gasteiger partial charge in [0.2, 0.25) is 5.88 Å². The first-order valence-corrected chi connectivity index (χ1v) is 7.77. The fraction of sp³-hybridized carbons (Fsp3) is 0.353. The van der Waals surface area contributed by atoms with Crippen LogP contribution in [0.4, 0.5) is 0 Å². The molecule has 0 aliphatic rings. The Hall–Kier alpha value is -1.98. The van der Waals surface area contributed by atoms with Crippen LogP contribution in [0.1, 0.15) is 12.0 Å². The number of aromatic nitrogens is 1.